The van der Waals surface area contributed by atoms with E-state index in [1.807, 2.05) is 0 Å². The van der Waals surface area contributed by atoms with E-state index >= 15 is 0 Å². The Kier molecular flexibility index (Phi) is 3.47. The highest BCUT2D eigenvalue weighted by Gasteiger charge is 2.18. The maximum Gasteiger partial charge on any atom is 0.281 e. The summed E-state index contributed by atoms with van der Waals surface area (Å²) in [6, 6.07) is 2.71. The molecule has 0 aliphatic rings. The highest BCUT2D eigenvalue weighted by atomic mass is 79.9. The van der Waals surface area contributed by atoms with Crippen molar-refractivity contribution in [1.29, 1.82) is 5.26 Å². The first kappa shape index (κ1) is 11.0. The smallest absolute Gasteiger partial charge is 0.218 e. The van der Waals surface area contributed by atoms with Gasteiger partial charge in [0.1, 0.15) is 5.69 Å². The average Bonchev–Trinajstić information content (AvgIpc) is 2.10. The van der Waals surface area contributed by atoms with Gasteiger partial charge in [0.25, 0.3) is 6.43 Å². The molecule has 0 aliphatic carbocycles. The maximum atomic E-state index is 12.7. The molecule has 0 amide bonds. The zero-order valence-electron chi connectivity index (χ0n) is 6.77. The van der Waals surface area contributed by atoms with Crippen LogP contribution in [-0.4, -0.2) is 4.98 Å². The van der Waals surface area contributed by atoms with Crippen molar-refractivity contribution < 1.29 is 13.2 Å². The van der Waals surface area contributed by atoms with E-state index < -0.39 is 18.1 Å². The lowest BCUT2D eigenvalue weighted by Crippen LogP contribution is -1.99. The van der Waals surface area contributed by atoms with Crippen LogP contribution in [0.1, 0.15) is 17.7 Å². The Hall–Kier alpha value is -1.09. The molecule has 14 heavy (non-hydrogen) atoms. The van der Waals surface area contributed by atoms with Gasteiger partial charge in [-0.25, -0.2) is 13.8 Å². The van der Waals surface area contributed by atoms with Gasteiger partial charge in [-0.15, -0.1) is 0 Å². The van der Waals surface area contributed by atoms with E-state index in [2.05, 4.69) is 20.9 Å². The van der Waals surface area contributed by atoms with Crippen LogP contribution in [0.15, 0.2) is 10.5 Å². The number of hydrogen-bond donors (Lipinski definition) is 0. The molecule has 6 heteroatoms. The van der Waals surface area contributed by atoms with Crippen LogP contribution in [0.4, 0.5) is 13.2 Å². The molecule has 0 aliphatic heterocycles. The number of nitrogens with zero attached hydrogens (tertiary/aromatic N) is 2. The number of hydrogen-bond acceptors (Lipinski definition) is 2. The van der Waals surface area contributed by atoms with Crippen molar-refractivity contribution in [3.8, 4) is 6.07 Å². The summed E-state index contributed by atoms with van der Waals surface area (Å²) in [5, 5.41) is 8.36. The molecule has 0 N–H and O–H groups in total. The first-order valence-corrected chi connectivity index (χ1v) is 4.35. The predicted molar refractivity (Wildman–Crippen MR) is 46.2 cm³/mol. The van der Waals surface area contributed by atoms with E-state index in [9.17, 15) is 13.2 Å². The van der Waals surface area contributed by atoms with Crippen molar-refractivity contribution in [1.82, 2.24) is 4.98 Å². The van der Waals surface area contributed by atoms with Crippen molar-refractivity contribution in [2.24, 2.45) is 0 Å². The molecule has 1 aromatic rings. The van der Waals surface area contributed by atoms with E-state index in [0.717, 1.165) is 6.07 Å². The van der Waals surface area contributed by atoms with Crippen molar-refractivity contribution >= 4 is 15.9 Å². The Balaban J connectivity index is 3.26. The Bertz CT molecular complexity index is 387. The monoisotopic (exact) mass is 264 g/mol. The summed E-state index contributed by atoms with van der Waals surface area (Å²) >= 11 is 2.86. The Morgan fingerprint density at radius 2 is 2.21 bits per heavy atom. The summed E-state index contributed by atoms with van der Waals surface area (Å²) in [5.74, 6) is -1.01. The summed E-state index contributed by atoms with van der Waals surface area (Å²) in [7, 11) is 0. The second-order valence-corrected chi connectivity index (χ2v) is 3.23. The summed E-state index contributed by atoms with van der Waals surface area (Å²) in [6.45, 7) is 0. The minimum absolute atomic E-state index is 0.00421. The van der Waals surface area contributed by atoms with Gasteiger partial charge in [0.15, 0.2) is 0 Å². The van der Waals surface area contributed by atoms with Gasteiger partial charge in [0.05, 0.1) is 12.5 Å². The minimum Gasteiger partial charge on any atom is -0.218 e. The lowest BCUT2D eigenvalue weighted by Gasteiger charge is -2.05. The van der Waals surface area contributed by atoms with Crippen LogP contribution in [0.2, 0.25) is 0 Å². The molecule has 1 heterocycles. The van der Waals surface area contributed by atoms with Gasteiger partial charge >= 0.3 is 0 Å². The third kappa shape index (κ3) is 2.23. The predicted octanol–water partition coefficient (Wildman–Crippen LogP) is 2.99. The fourth-order valence-electron chi connectivity index (χ4n) is 0.926. The highest BCUT2D eigenvalue weighted by Crippen LogP contribution is 2.29. The van der Waals surface area contributed by atoms with Gasteiger partial charge in [0.2, 0.25) is 5.95 Å². The van der Waals surface area contributed by atoms with Crippen molar-refractivity contribution in [2.75, 3.05) is 0 Å². The zero-order chi connectivity index (χ0) is 10.7. The molecule has 0 bridgehead atoms. The SMILES string of the molecule is N#CCc1cc(F)nc(C(F)F)c1Br. The van der Waals surface area contributed by atoms with E-state index in [1.54, 1.807) is 6.07 Å². The number of alkyl halides is 2. The molecule has 1 aromatic heterocycles. The topological polar surface area (TPSA) is 36.7 Å². The normalized spacial score (nSPS) is 10.3. The lowest BCUT2D eigenvalue weighted by molar-refractivity contribution is 0.143. The zero-order valence-corrected chi connectivity index (χ0v) is 8.35. The molecular formula is C8H4BrF3N2. The molecule has 0 saturated heterocycles. The number of nitriles is 1. The third-order valence-corrected chi connectivity index (χ3v) is 2.42. The van der Waals surface area contributed by atoms with Crippen molar-refractivity contribution in [2.45, 2.75) is 12.8 Å². The van der Waals surface area contributed by atoms with Crippen molar-refractivity contribution in [3.63, 3.8) is 0 Å². The summed E-state index contributed by atoms with van der Waals surface area (Å²) in [4.78, 5) is 3.04. The van der Waals surface area contributed by atoms with E-state index in [4.69, 9.17) is 5.26 Å². The van der Waals surface area contributed by atoms with Crippen LogP contribution in [0.5, 0.6) is 0 Å². The quantitative estimate of drug-likeness (QED) is 0.771. The molecule has 74 valence electrons. The molecule has 0 spiro atoms. The Morgan fingerprint density at radius 1 is 1.57 bits per heavy atom. The van der Waals surface area contributed by atoms with Gasteiger partial charge in [0, 0.05) is 4.47 Å². The fraction of sp³-hybridized carbons (Fsp3) is 0.250. The Labute approximate surface area is 86.5 Å². The van der Waals surface area contributed by atoms with Crippen LogP contribution in [0.25, 0.3) is 0 Å². The van der Waals surface area contributed by atoms with E-state index in [1.165, 1.54) is 0 Å². The van der Waals surface area contributed by atoms with Gasteiger partial charge < -0.3 is 0 Å². The van der Waals surface area contributed by atoms with E-state index in [-0.39, 0.29) is 16.5 Å². The average molecular weight is 265 g/mol. The van der Waals surface area contributed by atoms with Crippen LogP contribution in [0, 0.1) is 17.3 Å². The highest BCUT2D eigenvalue weighted by molar-refractivity contribution is 9.10. The molecule has 0 atom stereocenters. The molecule has 1 rings (SSSR count). The number of rotatable bonds is 2. The van der Waals surface area contributed by atoms with Crippen LogP contribution >= 0.6 is 15.9 Å². The first-order chi connectivity index (χ1) is 6.56. The van der Waals surface area contributed by atoms with Crippen LogP contribution in [0.3, 0.4) is 0 Å². The molecule has 0 radical (unpaired) electrons. The Morgan fingerprint density at radius 3 is 2.71 bits per heavy atom. The number of halogens is 4. The minimum atomic E-state index is -2.86. The van der Waals surface area contributed by atoms with Gasteiger partial charge in [-0.2, -0.15) is 9.65 Å². The molecule has 0 fully saturated rings. The molecule has 2 nitrogen and oxygen atoms in total. The lowest BCUT2D eigenvalue weighted by atomic mass is 10.2. The summed E-state index contributed by atoms with van der Waals surface area (Å²) < 4.78 is 37.3. The molecule has 0 aromatic carbocycles. The summed E-state index contributed by atoms with van der Waals surface area (Å²) in [5.41, 5.74) is -0.495. The number of aromatic nitrogens is 1. The van der Waals surface area contributed by atoms with E-state index in [0.29, 0.717) is 0 Å². The third-order valence-electron chi connectivity index (χ3n) is 1.50. The van der Waals surface area contributed by atoms with Crippen molar-refractivity contribution in [3.05, 3.63) is 27.7 Å². The van der Waals surface area contributed by atoms with Crippen LogP contribution in [-0.2, 0) is 6.42 Å². The van der Waals surface area contributed by atoms with Gasteiger partial charge in [-0.05, 0) is 27.6 Å². The second-order valence-electron chi connectivity index (χ2n) is 2.44. The summed E-state index contributed by atoms with van der Waals surface area (Å²) in [6.07, 6.45) is -3.00. The first-order valence-electron chi connectivity index (χ1n) is 3.56. The van der Waals surface area contributed by atoms with Gasteiger partial charge in [-0.1, -0.05) is 0 Å². The molecular weight excluding hydrogens is 261 g/mol. The molecule has 0 unspecified atom stereocenters. The van der Waals surface area contributed by atoms with Gasteiger partial charge in [-0.3, -0.25) is 0 Å². The largest absolute Gasteiger partial charge is 0.281 e. The number of pyridine rings is 1. The fourth-order valence-corrected chi connectivity index (χ4v) is 1.44. The second kappa shape index (κ2) is 4.42. The van der Waals surface area contributed by atoms with Crippen LogP contribution < -0.4 is 0 Å². The maximum absolute atomic E-state index is 12.7. The molecule has 0 saturated carbocycles. The standard InChI is InChI=1S/C8H4BrF3N2/c9-6-4(1-2-13)3-5(10)14-7(6)8(11)12/h3,8H,1H2.